The van der Waals surface area contributed by atoms with Crippen molar-refractivity contribution >= 4 is 23.2 Å². The van der Waals surface area contributed by atoms with Gasteiger partial charge in [-0.3, -0.25) is 4.79 Å². The van der Waals surface area contributed by atoms with Crippen molar-refractivity contribution < 1.29 is 37.1 Å². The van der Waals surface area contributed by atoms with Crippen molar-refractivity contribution in [3.05, 3.63) is 40.6 Å². The van der Waals surface area contributed by atoms with Gasteiger partial charge in [0, 0.05) is 17.4 Å². The molecule has 1 fully saturated rings. The highest BCUT2D eigenvalue weighted by Crippen LogP contribution is 2.36. The van der Waals surface area contributed by atoms with E-state index in [1.807, 2.05) is 5.48 Å². The second kappa shape index (κ2) is 8.25. The first kappa shape index (κ1) is 19.0. The normalized spacial score (nSPS) is 18.5. The van der Waals surface area contributed by atoms with Crippen LogP contribution in [0.5, 0.6) is 11.5 Å². The van der Waals surface area contributed by atoms with E-state index in [0.29, 0.717) is 0 Å². The van der Waals surface area contributed by atoms with E-state index in [1.165, 1.54) is 22.2 Å². The van der Waals surface area contributed by atoms with Gasteiger partial charge in [-0.1, -0.05) is 0 Å². The SMILES string of the molecule is O=C(ONC(=O)C1CC(Oc2cc(F)ccc2OC(F)F)C1)c1cscn1. The second-order valence-electron chi connectivity index (χ2n) is 5.61. The Balaban J connectivity index is 1.47. The lowest BCUT2D eigenvalue weighted by Gasteiger charge is -2.34. The molecule has 7 nitrogen and oxygen atoms in total. The number of halogens is 3. The molecular weight excluding hydrogens is 389 g/mol. The maximum Gasteiger partial charge on any atom is 0.387 e. The lowest BCUT2D eigenvalue weighted by Crippen LogP contribution is -2.44. The predicted octanol–water partition coefficient (Wildman–Crippen LogP) is 2.93. The van der Waals surface area contributed by atoms with Crippen LogP contribution in [0.1, 0.15) is 23.3 Å². The van der Waals surface area contributed by atoms with E-state index in [4.69, 9.17) is 4.74 Å². The quantitative estimate of drug-likeness (QED) is 0.748. The van der Waals surface area contributed by atoms with E-state index in [2.05, 4.69) is 14.6 Å². The number of alkyl halides is 2. The summed E-state index contributed by atoms with van der Waals surface area (Å²) in [5.41, 5.74) is 3.57. The molecule has 0 spiro atoms. The zero-order valence-electron chi connectivity index (χ0n) is 13.6. The summed E-state index contributed by atoms with van der Waals surface area (Å²) in [5, 5.41) is 1.47. The Bertz CT molecular complexity index is 812. The molecule has 144 valence electrons. The van der Waals surface area contributed by atoms with Crippen LogP contribution in [0, 0.1) is 11.7 Å². The Morgan fingerprint density at radius 1 is 1.26 bits per heavy atom. The fourth-order valence-electron chi connectivity index (χ4n) is 2.37. The van der Waals surface area contributed by atoms with Gasteiger partial charge in [0.1, 0.15) is 11.9 Å². The molecule has 11 heteroatoms. The van der Waals surface area contributed by atoms with Gasteiger partial charge < -0.3 is 14.3 Å². The first-order chi connectivity index (χ1) is 12.9. The standard InChI is InChI=1S/C16H13F3N2O5S/c17-9-1-2-12(25-16(18)19)13(5-9)24-10-3-8(4-10)14(22)21-26-15(23)11-6-27-7-20-11/h1-2,5-8,10,16H,3-4H2,(H,21,22). The number of hydrogen-bond acceptors (Lipinski definition) is 7. The number of nitrogens with one attached hydrogen (secondary N) is 1. The van der Waals surface area contributed by atoms with Crippen LogP contribution in [0.3, 0.4) is 0 Å². The number of carbonyl (C=O) groups is 2. The largest absolute Gasteiger partial charge is 0.486 e. The van der Waals surface area contributed by atoms with E-state index >= 15 is 0 Å². The van der Waals surface area contributed by atoms with Crippen molar-refractivity contribution in [2.75, 3.05) is 0 Å². The molecule has 1 N–H and O–H groups in total. The summed E-state index contributed by atoms with van der Waals surface area (Å²) in [4.78, 5) is 31.9. The monoisotopic (exact) mass is 402 g/mol. The Hall–Kier alpha value is -2.82. The van der Waals surface area contributed by atoms with Crippen LogP contribution in [-0.4, -0.2) is 29.6 Å². The van der Waals surface area contributed by atoms with Crippen molar-refractivity contribution in [3.63, 3.8) is 0 Å². The maximum atomic E-state index is 13.3. The molecule has 0 aliphatic heterocycles. The van der Waals surface area contributed by atoms with E-state index in [9.17, 15) is 22.8 Å². The molecule has 1 saturated carbocycles. The number of ether oxygens (including phenoxy) is 2. The Morgan fingerprint density at radius 2 is 2.04 bits per heavy atom. The molecule has 0 saturated heterocycles. The molecule has 1 heterocycles. The number of carbonyl (C=O) groups excluding carboxylic acids is 2. The number of hydrogen-bond donors (Lipinski definition) is 1. The maximum absolute atomic E-state index is 13.3. The van der Waals surface area contributed by atoms with E-state index in [1.54, 1.807) is 0 Å². The first-order valence-corrected chi connectivity index (χ1v) is 8.67. The Morgan fingerprint density at radius 3 is 2.70 bits per heavy atom. The molecule has 1 aliphatic rings. The van der Waals surface area contributed by atoms with E-state index in [-0.39, 0.29) is 30.0 Å². The summed E-state index contributed by atoms with van der Waals surface area (Å²) in [6.07, 6.45) is -0.00748. The molecule has 0 atom stereocenters. The average molecular weight is 402 g/mol. The number of nitrogens with zero attached hydrogens (tertiary/aromatic N) is 1. The number of aromatic nitrogens is 1. The molecule has 2 aromatic rings. The van der Waals surface area contributed by atoms with Gasteiger partial charge in [-0.2, -0.15) is 14.3 Å². The highest BCUT2D eigenvalue weighted by atomic mass is 32.1. The van der Waals surface area contributed by atoms with Gasteiger partial charge in [0.05, 0.1) is 5.51 Å². The van der Waals surface area contributed by atoms with E-state index in [0.717, 1.165) is 18.2 Å². The fourth-order valence-corrected chi connectivity index (χ4v) is 2.89. The van der Waals surface area contributed by atoms with Crippen molar-refractivity contribution in [3.8, 4) is 11.5 Å². The minimum atomic E-state index is -3.08. The highest BCUT2D eigenvalue weighted by molar-refractivity contribution is 7.07. The summed E-state index contributed by atoms with van der Waals surface area (Å²) in [7, 11) is 0. The van der Waals surface area contributed by atoms with Crippen molar-refractivity contribution in [1.29, 1.82) is 0 Å². The molecule has 3 rings (SSSR count). The minimum Gasteiger partial charge on any atom is -0.486 e. The third kappa shape index (κ3) is 4.88. The van der Waals surface area contributed by atoms with Crippen LogP contribution in [0.4, 0.5) is 13.2 Å². The molecule has 0 radical (unpaired) electrons. The van der Waals surface area contributed by atoms with Gasteiger partial charge in [-0.15, -0.1) is 11.3 Å². The Labute approximate surface area is 155 Å². The zero-order chi connectivity index (χ0) is 19.4. The molecule has 1 aromatic heterocycles. The fraction of sp³-hybridized carbons (Fsp3) is 0.312. The summed E-state index contributed by atoms with van der Waals surface area (Å²) >= 11 is 1.21. The molecule has 1 aliphatic carbocycles. The number of rotatable bonds is 6. The summed E-state index contributed by atoms with van der Waals surface area (Å²) in [5.74, 6) is -2.95. The van der Waals surface area contributed by atoms with Crippen LogP contribution in [0.2, 0.25) is 0 Å². The van der Waals surface area contributed by atoms with Crippen molar-refractivity contribution in [1.82, 2.24) is 10.5 Å². The summed E-state index contributed by atoms with van der Waals surface area (Å²) in [6, 6.07) is 2.94. The molecule has 1 amide bonds. The third-order valence-corrected chi connectivity index (χ3v) is 4.35. The smallest absolute Gasteiger partial charge is 0.387 e. The Kier molecular flexibility index (Phi) is 5.79. The van der Waals surface area contributed by atoms with Crippen molar-refractivity contribution in [2.24, 2.45) is 5.92 Å². The highest BCUT2D eigenvalue weighted by Gasteiger charge is 2.37. The van der Waals surface area contributed by atoms with Gasteiger partial charge in [-0.05, 0) is 25.0 Å². The van der Waals surface area contributed by atoms with Crippen molar-refractivity contribution in [2.45, 2.75) is 25.6 Å². The number of hydroxylamine groups is 1. The predicted molar refractivity (Wildman–Crippen MR) is 85.8 cm³/mol. The molecule has 1 aromatic carbocycles. The lowest BCUT2D eigenvalue weighted by molar-refractivity contribution is -0.140. The van der Waals surface area contributed by atoms with Gasteiger partial charge in [0.15, 0.2) is 17.2 Å². The van der Waals surface area contributed by atoms with Gasteiger partial charge >= 0.3 is 12.6 Å². The summed E-state index contributed by atoms with van der Waals surface area (Å²) in [6.45, 7) is -3.08. The number of thiazole rings is 1. The van der Waals surface area contributed by atoms with Crippen LogP contribution in [-0.2, 0) is 9.63 Å². The number of amides is 1. The average Bonchev–Trinajstić information content (AvgIpc) is 3.11. The molecule has 27 heavy (non-hydrogen) atoms. The van der Waals surface area contributed by atoms with Crippen LogP contribution in [0.25, 0.3) is 0 Å². The topological polar surface area (TPSA) is 86.8 Å². The lowest BCUT2D eigenvalue weighted by atomic mass is 9.82. The number of benzene rings is 1. The van der Waals surface area contributed by atoms with Gasteiger partial charge in [-0.25, -0.2) is 14.2 Å². The second-order valence-corrected chi connectivity index (χ2v) is 6.33. The van der Waals surface area contributed by atoms with Gasteiger partial charge in [0.25, 0.3) is 5.91 Å². The molecule has 0 bridgehead atoms. The van der Waals surface area contributed by atoms with E-state index < -0.39 is 36.3 Å². The van der Waals surface area contributed by atoms with Crippen LogP contribution in [0.15, 0.2) is 29.1 Å². The third-order valence-electron chi connectivity index (χ3n) is 3.77. The molecular formula is C16H13F3N2O5S. The summed E-state index contributed by atoms with van der Waals surface area (Å²) < 4.78 is 47.8. The van der Waals surface area contributed by atoms with Crippen LogP contribution >= 0.6 is 11.3 Å². The zero-order valence-corrected chi connectivity index (χ0v) is 14.4. The van der Waals surface area contributed by atoms with Crippen LogP contribution < -0.4 is 15.0 Å². The minimum absolute atomic E-state index is 0.0767. The molecule has 0 unspecified atom stereocenters. The first-order valence-electron chi connectivity index (χ1n) is 7.72. The van der Waals surface area contributed by atoms with Gasteiger partial charge in [0.2, 0.25) is 0 Å².